The van der Waals surface area contributed by atoms with Crippen LogP contribution < -0.4 is 16.2 Å². The van der Waals surface area contributed by atoms with E-state index in [0.29, 0.717) is 34.7 Å². The van der Waals surface area contributed by atoms with Crippen molar-refractivity contribution in [3.63, 3.8) is 0 Å². The molecule has 0 aliphatic carbocycles. The summed E-state index contributed by atoms with van der Waals surface area (Å²) in [5, 5.41) is 8.81. The van der Waals surface area contributed by atoms with Gasteiger partial charge in [0.1, 0.15) is 5.75 Å². The van der Waals surface area contributed by atoms with Crippen LogP contribution in [-0.2, 0) is 16.0 Å². The molecule has 32 heavy (non-hydrogen) atoms. The molecule has 3 aromatic carbocycles. The summed E-state index contributed by atoms with van der Waals surface area (Å²) < 4.78 is 10.5. The molecule has 7 nitrogen and oxygen atoms in total. The molecule has 3 aromatic rings. The van der Waals surface area contributed by atoms with Crippen molar-refractivity contribution in [3.05, 3.63) is 95.1 Å². The van der Waals surface area contributed by atoms with Crippen molar-refractivity contribution in [2.75, 3.05) is 18.1 Å². The van der Waals surface area contributed by atoms with E-state index in [1.807, 2.05) is 12.1 Å². The van der Waals surface area contributed by atoms with Crippen molar-refractivity contribution in [2.24, 2.45) is 0 Å². The summed E-state index contributed by atoms with van der Waals surface area (Å²) >= 11 is 0. The summed E-state index contributed by atoms with van der Waals surface area (Å²) in [6, 6.07) is 20.0. The van der Waals surface area contributed by atoms with Gasteiger partial charge in [0.05, 0.1) is 23.8 Å². The van der Waals surface area contributed by atoms with Crippen molar-refractivity contribution in [2.45, 2.75) is 6.42 Å². The third kappa shape index (κ3) is 6.21. The van der Waals surface area contributed by atoms with Gasteiger partial charge in [-0.2, -0.15) is 5.26 Å². The summed E-state index contributed by atoms with van der Waals surface area (Å²) in [5.41, 5.74) is 15.1. The van der Waals surface area contributed by atoms with E-state index in [0.717, 1.165) is 11.1 Å². The van der Waals surface area contributed by atoms with Gasteiger partial charge in [0.15, 0.2) is 0 Å². The Morgan fingerprint density at radius 1 is 0.969 bits per heavy atom. The first-order chi connectivity index (χ1) is 15.4. The van der Waals surface area contributed by atoms with Gasteiger partial charge in [-0.05, 0) is 65.7 Å². The Labute approximate surface area is 185 Å². The summed E-state index contributed by atoms with van der Waals surface area (Å²) in [5.74, 6) is -0.640. The van der Waals surface area contributed by atoms with Crippen molar-refractivity contribution in [3.8, 4) is 11.8 Å². The number of hydrogen-bond acceptors (Lipinski definition) is 7. The van der Waals surface area contributed by atoms with Gasteiger partial charge in [0.2, 0.25) is 0 Å². The number of esters is 2. The SMILES string of the molecule is N#Cc1ccc(C(=O)Oc2ccc(C=CC(=O)OCCc3ccc(N)cc3N)cc2)cc1. The maximum atomic E-state index is 12.2. The Hall–Kier alpha value is -4.57. The first-order valence-corrected chi connectivity index (χ1v) is 9.76. The smallest absolute Gasteiger partial charge is 0.343 e. The molecule has 4 N–H and O–H groups in total. The highest BCUT2D eigenvalue weighted by molar-refractivity contribution is 5.91. The number of benzene rings is 3. The van der Waals surface area contributed by atoms with Gasteiger partial charge < -0.3 is 20.9 Å². The van der Waals surface area contributed by atoms with Gasteiger partial charge in [-0.1, -0.05) is 18.2 Å². The maximum Gasteiger partial charge on any atom is 0.343 e. The minimum absolute atomic E-state index is 0.196. The predicted molar refractivity (Wildman–Crippen MR) is 122 cm³/mol. The minimum atomic E-state index is -0.525. The quantitative estimate of drug-likeness (QED) is 0.254. The van der Waals surface area contributed by atoms with E-state index in [9.17, 15) is 9.59 Å². The summed E-state index contributed by atoms with van der Waals surface area (Å²) in [6.45, 7) is 0.196. The molecule has 0 unspecified atom stereocenters. The highest BCUT2D eigenvalue weighted by Crippen LogP contribution is 2.17. The highest BCUT2D eigenvalue weighted by Gasteiger charge is 2.08. The zero-order chi connectivity index (χ0) is 22.9. The van der Waals surface area contributed by atoms with Crippen LogP contribution in [0.5, 0.6) is 5.75 Å². The Balaban J connectivity index is 1.48. The second kappa shape index (κ2) is 10.5. The first-order valence-electron chi connectivity index (χ1n) is 9.76. The lowest BCUT2D eigenvalue weighted by molar-refractivity contribution is -0.137. The number of carbonyl (C=O) groups is 2. The van der Waals surface area contributed by atoms with Crippen LogP contribution in [0.2, 0.25) is 0 Å². The Kier molecular flexibility index (Phi) is 7.23. The molecule has 0 aliphatic heterocycles. The molecule has 3 rings (SSSR count). The fourth-order valence-corrected chi connectivity index (χ4v) is 2.81. The van der Waals surface area contributed by atoms with E-state index < -0.39 is 11.9 Å². The van der Waals surface area contributed by atoms with E-state index in [1.54, 1.807) is 54.6 Å². The van der Waals surface area contributed by atoms with Gasteiger partial charge in [-0.15, -0.1) is 0 Å². The van der Waals surface area contributed by atoms with Crippen LogP contribution in [-0.4, -0.2) is 18.5 Å². The molecule has 0 radical (unpaired) electrons. The van der Waals surface area contributed by atoms with Gasteiger partial charge >= 0.3 is 11.9 Å². The van der Waals surface area contributed by atoms with Gasteiger partial charge in [-0.3, -0.25) is 0 Å². The van der Waals surface area contributed by atoms with Gasteiger partial charge in [0.25, 0.3) is 0 Å². The molecule has 0 bridgehead atoms. The van der Waals surface area contributed by atoms with Crippen LogP contribution in [0.3, 0.4) is 0 Å². The molecule has 0 heterocycles. The third-order valence-electron chi connectivity index (χ3n) is 4.54. The number of hydrogen-bond donors (Lipinski definition) is 2. The second-order valence-corrected chi connectivity index (χ2v) is 6.86. The minimum Gasteiger partial charge on any atom is -0.462 e. The lowest BCUT2D eigenvalue weighted by Gasteiger charge is -2.07. The molecule has 0 atom stereocenters. The van der Waals surface area contributed by atoms with Crippen molar-refractivity contribution in [1.29, 1.82) is 5.26 Å². The molecule has 0 saturated carbocycles. The van der Waals surface area contributed by atoms with E-state index in [1.165, 1.54) is 18.2 Å². The van der Waals surface area contributed by atoms with Crippen LogP contribution >= 0.6 is 0 Å². The number of nitrogen functional groups attached to an aromatic ring is 2. The normalized spacial score (nSPS) is 10.5. The van der Waals surface area contributed by atoms with E-state index in [2.05, 4.69) is 0 Å². The van der Waals surface area contributed by atoms with Crippen molar-refractivity contribution in [1.82, 2.24) is 0 Å². The topological polar surface area (TPSA) is 128 Å². The summed E-state index contributed by atoms with van der Waals surface area (Å²) in [6.07, 6.45) is 3.42. The molecule has 0 aromatic heterocycles. The first kappa shape index (κ1) is 22.1. The fraction of sp³-hybridized carbons (Fsp3) is 0.0800. The molecule has 0 amide bonds. The number of rotatable bonds is 7. The number of nitriles is 1. The molecular formula is C25H21N3O4. The fourth-order valence-electron chi connectivity index (χ4n) is 2.81. The molecule has 0 fully saturated rings. The zero-order valence-electron chi connectivity index (χ0n) is 17.2. The average Bonchev–Trinajstić information content (AvgIpc) is 2.80. The third-order valence-corrected chi connectivity index (χ3v) is 4.54. The summed E-state index contributed by atoms with van der Waals surface area (Å²) in [7, 11) is 0. The molecule has 7 heteroatoms. The standard InChI is InChI=1S/C25H21N3O4/c26-16-18-1-6-20(7-2-18)25(30)32-22-10-3-17(4-11-22)5-12-24(29)31-14-13-19-8-9-21(27)15-23(19)28/h1-12,15H,13-14,27-28H2. The number of nitrogens with zero attached hydrogens (tertiary/aromatic N) is 1. The largest absolute Gasteiger partial charge is 0.462 e. The van der Waals surface area contributed by atoms with Crippen LogP contribution in [0.25, 0.3) is 6.08 Å². The van der Waals surface area contributed by atoms with Crippen molar-refractivity contribution < 1.29 is 19.1 Å². The van der Waals surface area contributed by atoms with Gasteiger partial charge in [0, 0.05) is 23.9 Å². The number of anilines is 2. The Bertz CT molecular complexity index is 1180. The van der Waals surface area contributed by atoms with Gasteiger partial charge in [-0.25, -0.2) is 9.59 Å². The Morgan fingerprint density at radius 2 is 1.69 bits per heavy atom. The lowest BCUT2D eigenvalue weighted by Crippen LogP contribution is -2.08. The van der Waals surface area contributed by atoms with E-state index in [-0.39, 0.29) is 6.61 Å². The van der Waals surface area contributed by atoms with Crippen LogP contribution in [0.4, 0.5) is 11.4 Å². The van der Waals surface area contributed by atoms with E-state index in [4.69, 9.17) is 26.2 Å². The molecule has 160 valence electrons. The molecule has 0 saturated heterocycles. The molecule has 0 aliphatic rings. The second-order valence-electron chi connectivity index (χ2n) is 6.86. The maximum absolute atomic E-state index is 12.2. The monoisotopic (exact) mass is 427 g/mol. The Morgan fingerprint density at radius 3 is 2.34 bits per heavy atom. The average molecular weight is 427 g/mol. The highest BCUT2D eigenvalue weighted by atomic mass is 16.5. The lowest BCUT2D eigenvalue weighted by atomic mass is 10.1. The number of carbonyl (C=O) groups excluding carboxylic acids is 2. The molecular weight excluding hydrogens is 406 g/mol. The zero-order valence-corrected chi connectivity index (χ0v) is 17.2. The predicted octanol–water partition coefficient (Wildman–Crippen LogP) is 3.74. The molecule has 0 spiro atoms. The van der Waals surface area contributed by atoms with Crippen LogP contribution in [0.15, 0.2) is 72.8 Å². The van der Waals surface area contributed by atoms with Crippen molar-refractivity contribution >= 4 is 29.4 Å². The van der Waals surface area contributed by atoms with E-state index >= 15 is 0 Å². The number of ether oxygens (including phenoxy) is 2. The number of nitrogens with two attached hydrogens (primary N) is 2. The summed E-state index contributed by atoms with van der Waals surface area (Å²) in [4.78, 5) is 24.1. The van der Waals surface area contributed by atoms with Crippen LogP contribution in [0.1, 0.15) is 27.0 Å². The van der Waals surface area contributed by atoms with Crippen LogP contribution in [0, 0.1) is 11.3 Å².